The van der Waals surface area contributed by atoms with Gasteiger partial charge in [0.15, 0.2) is 0 Å². The number of halogens is 1. The predicted octanol–water partition coefficient (Wildman–Crippen LogP) is 3.09. The molecule has 0 bridgehead atoms. The maximum atomic E-state index is 6.28. The van der Waals surface area contributed by atoms with Crippen LogP contribution in [-0.4, -0.2) is 30.2 Å². The summed E-state index contributed by atoms with van der Waals surface area (Å²) in [5, 5.41) is 4.02. The average Bonchev–Trinajstić information content (AvgIpc) is 2.88. The lowest BCUT2D eigenvalue weighted by Crippen LogP contribution is -2.37. The van der Waals surface area contributed by atoms with Crippen molar-refractivity contribution in [3.8, 4) is 0 Å². The fourth-order valence-electron chi connectivity index (χ4n) is 3.70. The second-order valence-corrected chi connectivity index (χ2v) is 6.88. The third kappa shape index (κ3) is 2.80. The van der Waals surface area contributed by atoms with E-state index >= 15 is 0 Å². The number of hydrogen-bond acceptors (Lipinski definition) is 2. The van der Waals surface area contributed by atoms with E-state index in [0.717, 1.165) is 19.0 Å². The van der Waals surface area contributed by atoms with Gasteiger partial charge in [0.2, 0.25) is 0 Å². The van der Waals surface area contributed by atoms with Crippen molar-refractivity contribution in [1.82, 2.24) is 5.32 Å². The molecule has 98 valence electrons. The van der Waals surface area contributed by atoms with E-state index in [1.165, 1.54) is 51.4 Å². The van der Waals surface area contributed by atoms with Gasteiger partial charge in [-0.1, -0.05) is 12.8 Å². The van der Waals surface area contributed by atoms with E-state index in [0.29, 0.717) is 17.1 Å². The van der Waals surface area contributed by atoms with Crippen LogP contribution in [0.15, 0.2) is 0 Å². The number of nitrogens with one attached hydrogen (secondary N) is 1. The summed E-state index contributed by atoms with van der Waals surface area (Å²) in [4.78, 5) is 0. The smallest absolute Gasteiger partial charge is 0.0708 e. The molecular weight excluding hydrogens is 234 g/mol. The van der Waals surface area contributed by atoms with Crippen LogP contribution in [-0.2, 0) is 4.74 Å². The molecule has 1 heterocycles. The van der Waals surface area contributed by atoms with Crippen molar-refractivity contribution >= 4 is 11.6 Å². The zero-order chi connectivity index (χ0) is 11.7. The molecular formula is C14H24ClNO. The third-order valence-electron chi connectivity index (χ3n) is 4.84. The molecule has 1 aliphatic heterocycles. The molecule has 0 radical (unpaired) electrons. The largest absolute Gasteiger partial charge is 0.370 e. The molecule has 1 unspecified atom stereocenters. The molecule has 3 fully saturated rings. The molecule has 1 saturated heterocycles. The SMILES string of the molecule is ClC1CC(CNCC2CCC3(CCCC3)O2)C1. The Kier molecular flexibility index (Phi) is 3.65. The summed E-state index contributed by atoms with van der Waals surface area (Å²) < 4.78 is 6.28. The normalized spacial score (nSPS) is 39.7. The van der Waals surface area contributed by atoms with E-state index in [1.54, 1.807) is 0 Å². The second-order valence-electron chi connectivity index (χ2n) is 6.26. The van der Waals surface area contributed by atoms with Crippen molar-refractivity contribution in [2.75, 3.05) is 13.1 Å². The molecule has 3 heteroatoms. The van der Waals surface area contributed by atoms with Gasteiger partial charge >= 0.3 is 0 Å². The molecule has 3 rings (SSSR count). The summed E-state index contributed by atoms with van der Waals surface area (Å²) in [5.41, 5.74) is 0.296. The highest BCUT2D eigenvalue weighted by molar-refractivity contribution is 6.21. The zero-order valence-electron chi connectivity index (χ0n) is 10.6. The molecule has 0 amide bonds. The van der Waals surface area contributed by atoms with Gasteiger partial charge in [-0.25, -0.2) is 0 Å². The predicted molar refractivity (Wildman–Crippen MR) is 70.5 cm³/mol. The summed E-state index contributed by atoms with van der Waals surface area (Å²) in [7, 11) is 0. The highest BCUT2D eigenvalue weighted by atomic mass is 35.5. The Morgan fingerprint density at radius 3 is 2.59 bits per heavy atom. The van der Waals surface area contributed by atoms with Crippen LogP contribution in [0.5, 0.6) is 0 Å². The lowest BCUT2D eigenvalue weighted by molar-refractivity contribution is -0.0354. The number of rotatable bonds is 4. The van der Waals surface area contributed by atoms with E-state index in [-0.39, 0.29) is 0 Å². The Morgan fingerprint density at radius 2 is 1.88 bits per heavy atom. The van der Waals surface area contributed by atoms with Gasteiger partial charge in [-0.05, 0) is 51.0 Å². The minimum Gasteiger partial charge on any atom is -0.370 e. The summed E-state index contributed by atoms with van der Waals surface area (Å²) in [6, 6.07) is 0. The Labute approximate surface area is 109 Å². The lowest BCUT2D eigenvalue weighted by Gasteiger charge is -2.31. The summed E-state index contributed by atoms with van der Waals surface area (Å²) in [6.07, 6.45) is 10.8. The van der Waals surface area contributed by atoms with Crippen LogP contribution in [0.2, 0.25) is 0 Å². The van der Waals surface area contributed by atoms with Gasteiger partial charge in [0, 0.05) is 11.9 Å². The molecule has 1 spiro atoms. The molecule has 3 aliphatic rings. The van der Waals surface area contributed by atoms with Crippen molar-refractivity contribution < 1.29 is 4.74 Å². The Bertz CT molecular complexity index is 259. The molecule has 1 atom stereocenters. The Morgan fingerprint density at radius 1 is 1.12 bits per heavy atom. The first-order valence-electron chi connectivity index (χ1n) is 7.28. The fraction of sp³-hybridized carbons (Fsp3) is 1.00. The van der Waals surface area contributed by atoms with Crippen LogP contribution in [0.1, 0.15) is 51.4 Å². The van der Waals surface area contributed by atoms with Gasteiger partial charge in [0.25, 0.3) is 0 Å². The first kappa shape index (κ1) is 12.3. The van der Waals surface area contributed by atoms with Gasteiger partial charge < -0.3 is 10.1 Å². The maximum absolute atomic E-state index is 6.28. The first-order valence-corrected chi connectivity index (χ1v) is 7.72. The van der Waals surface area contributed by atoms with Gasteiger partial charge in [0.1, 0.15) is 0 Å². The quantitative estimate of drug-likeness (QED) is 0.782. The summed E-state index contributed by atoms with van der Waals surface area (Å²) >= 11 is 5.98. The van der Waals surface area contributed by atoms with Crippen LogP contribution >= 0.6 is 11.6 Å². The molecule has 2 aliphatic carbocycles. The third-order valence-corrected chi connectivity index (χ3v) is 5.19. The minimum atomic E-state index is 0.296. The van der Waals surface area contributed by atoms with E-state index in [9.17, 15) is 0 Å². The number of alkyl halides is 1. The van der Waals surface area contributed by atoms with Crippen LogP contribution in [0.25, 0.3) is 0 Å². The molecule has 2 saturated carbocycles. The fourth-order valence-corrected chi connectivity index (χ4v) is 4.20. The van der Waals surface area contributed by atoms with E-state index in [2.05, 4.69) is 5.32 Å². The van der Waals surface area contributed by atoms with Gasteiger partial charge in [-0.15, -0.1) is 11.6 Å². The maximum Gasteiger partial charge on any atom is 0.0708 e. The van der Waals surface area contributed by atoms with Crippen LogP contribution in [0, 0.1) is 5.92 Å². The van der Waals surface area contributed by atoms with Crippen LogP contribution in [0.3, 0.4) is 0 Å². The van der Waals surface area contributed by atoms with Crippen LogP contribution < -0.4 is 5.32 Å². The summed E-state index contributed by atoms with van der Waals surface area (Å²) in [6.45, 7) is 2.18. The topological polar surface area (TPSA) is 21.3 Å². The van der Waals surface area contributed by atoms with E-state index < -0.39 is 0 Å². The van der Waals surface area contributed by atoms with Crippen molar-refractivity contribution in [2.24, 2.45) is 5.92 Å². The molecule has 2 nitrogen and oxygen atoms in total. The zero-order valence-corrected chi connectivity index (χ0v) is 11.3. The standard InChI is InChI=1S/C14H24ClNO/c15-12-7-11(8-12)9-16-10-13-3-6-14(17-13)4-1-2-5-14/h11-13,16H,1-10H2. The van der Waals surface area contributed by atoms with Gasteiger partial charge in [0.05, 0.1) is 11.7 Å². The monoisotopic (exact) mass is 257 g/mol. The molecule has 1 N–H and O–H groups in total. The molecule has 0 aromatic carbocycles. The average molecular weight is 258 g/mol. The van der Waals surface area contributed by atoms with Gasteiger partial charge in [-0.2, -0.15) is 0 Å². The highest BCUT2D eigenvalue weighted by Crippen LogP contribution is 2.43. The van der Waals surface area contributed by atoms with Gasteiger partial charge in [-0.3, -0.25) is 0 Å². The van der Waals surface area contributed by atoms with Crippen LogP contribution in [0.4, 0.5) is 0 Å². The highest BCUT2D eigenvalue weighted by Gasteiger charge is 2.41. The van der Waals surface area contributed by atoms with E-state index in [1.807, 2.05) is 0 Å². The Hall–Kier alpha value is 0.210. The van der Waals surface area contributed by atoms with E-state index in [4.69, 9.17) is 16.3 Å². The number of ether oxygens (including phenoxy) is 1. The van der Waals surface area contributed by atoms with Crippen molar-refractivity contribution in [3.63, 3.8) is 0 Å². The molecule has 17 heavy (non-hydrogen) atoms. The summed E-state index contributed by atoms with van der Waals surface area (Å²) in [5.74, 6) is 0.819. The molecule has 0 aromatic rings. The van der Waals surface area contributed by atoms with Crippen molar-refractivity contribution in [1.29, 1.82) is 0 Å². The second kappa shape index (κ2) is 5.07. The first-order chi connectivity index (χ1) is 8.26. The number of hydrogen-bond donors (Lipinski definition) is 1. The Balaban J connectivity index is 1.33. The lowest BCUT2D eigenvalue weighted by atomic mass is 9.85. The minimum absolute atomic E-state index is 0.296. The van der Waals surface area contributed by atoms with Crippen molar-refractivity contribution in [2.45, 2.75) is 68.4 Å². The molecule has 0 aromatic heterocycles. The van der Waals surface area contributed by atoms with Crippen molar-refractivity contribution in [3.05, 3.63) is 0 Å².